The summed E-state index contributed by atoms with van der Waals surface area (Å²) in [5.74, 6) is 0.305. The second kappa shape index (κ2) is 8.52. The maximum atomic E-state index is 13.3. The molecule has 5 rings (SSSR count). The molecule has 1 aromatic heterocycles. The Balaban J connectivity index is 1.81. The molecule has 33 heavy (non-hydrogen) atoms. The number of aryl methyl sites for hydroxylation is 1. The maximum Gasteiger partial charge on any atom is 0.263 e. The number of para-hydroxylation sites is 1. The van der Waals surface area contributed by atoms with Gasteiger partial charge >= 0.3 is 0 Å². The molecule has 0 spiro atoms. The fourth-order valence-electron chi connectivity index (χ4n) is 3.98. The van der Waals surface area contributed by atoms with E-state index in [9.17, 15) is 8.42 Å². The van der Waals surface area contributed by atoms with Crippen LogP contribution in [0.4, 0.5) is 5.82 Å². The third-order valence-corrected chi connectivity index (χ3v) is 6.93. The van der Waals surface area contributed by atoms with E-state index < -0.39 is 10.0 Å². The van der Waals surface area contributed by atoms with Crippen LogP contribution in [-0.2, 0) is 10.0 Å². The van der Waals surface area contributed by atoms with E-state index in [2.05, 4.69) is 4.72 Å². The average molecular weight is 451 g/mol. The number of benzene rings is 4. The van der Waals surface area contributed by atoms with Crippen molar-refractivity contribution in [3.63, 3.8) is 0 Å². The summed E-state index contributed by atoms with van der Waals surface area (Å²) in [5.41, 5.74) is 5.28. The predicted molar refractivity (Wildman–Crippen MR) is 135 cm³/mol. The van der Waals surface area contributed by atoms with E-state index in [0.717, 1.165) is 38.7 Å². The first-order valence-electron chi connectivity index (χ1n) is 10.7. The van der Waals surface area contributed by atoms with Crippen LogP contribution in [0.3, 0.4) is 0 Å². The number of anilines is 1. The molecular weight excluding hydrogens is 428 g/mol. The summed E-state index contributed by atoms with van der Waals surface area (Å²) < 4.78 is 29.4. The zero-order valence-electron chi connectivity index (χ0n) is 18.1. The first-order chi connectivity index (χ1) is 16.0. The van der Waals surface area contributed by atoms with Gasteiger partial charge in [-0.15, -0.1) is 0 Å². The molecule has 1 N–H and O–H groups in total. The van der Waals surface area contributed by atoms with Gasteiger partial charge in [-0.3, -0.25) is 4.72 Å². The van der Waals surface area contributed by atoms with Gasteiger partial charge in [-0.1, -0.05) is 96.6 Å². The summed E-state index contributed by atoms with van der Waals surface area (Å²) in [6.07, 6.45) is 0. The van der Waals surface area contributed by atoms with E-state index in [1.165, 1.54) is 0 Å². The minimum Gasteiger partial charge on any atom is -0.263 e. The fraction of sp³-hybridized carbons (Fsp3) is 0.0357. The zero-order chi connectivity index (χ0) is 22.8. The Kier molecular flexibility index (Phi) is 5.40. The third-order valence-electron chi connectivity index (χ3n) is 5.58. The molecule has 5 aromatic rings. The monoisotopic (exact) mass is 450 g/mol. The van der Waals surface area contributed by atoms with Crippen molar-refractivity contribution in [3.8, 4) is 22.3 Å². The summed E-state index contributed by atoms with van der Waals surface area (Å²) in [6.45, 7) is 1.92. The highest BCUT2D eigenvalue weighted by molar-refractivity contribution is 7.92. The second-order valence-corrected chi connectivity index (χ2v) is 9.56. The van der Waals surface area contributed by atoms with Crippen molar-refractivity contribution >= 4 is 26.7 Å². The molecule has 1 heterocycles. The first-order valence-corrected chi connectivity index (χ1v) is 12.1. The maximum absolute atomic E-state index is 13.3. The Labute approximate surface area is 193 Å². The van der Waals surface area contributed by atoms with Gasteiger partial charge in [0.2, 0.25) is 0 Å². The summed E-state index contributed by atoms with van der Waals surface area (Å²) in [7, 11) is -3.84. The second-order valence-electron chi connectivity index (χ2n) is 7.88. The molecule has 0 aliphatic heterocycles. The number of pyridine rings is 1. The van der Waals surface area contributed by atoms with Crippen LogP contribution in [0.15, 0.2) is 114 Å². The molecule has 0 aliphatic rings. The quantitative estimate of drug-likeness (QED) is 0.325. The topological polar surface area (TPSA) is 59.1 Å². The number of sulfonamides is 1. The van der Waals surface area contributed by atoms with Crippen LogP contribution in [0, 0.1) is 6.92 Å². The number of aromatic nitrogens is 1. The lowest BCUT2D eigenvalue weighted by atomic mass is 9.92. The summed E-state index contributed by atoms with van der Waals surface area (Å²) in [5, 5.41) is 0.959. The van der Waals surface area contributed by atoms with E-state index >= 15 is 0 Å². The molecule has 0 atom stereocenters. The number of hydrogen-bond acceptors (Lipinski definition) is 3. The highest BCUT2D eigenvalue weighted by Gasteiger charge is 2.22. The van der Waals surface area contributed by atoms with E-state index in [1.807, 2.05) is 91.9 Å². The van der Waals surface area contributed by atoms with E-state index in [0.29, 0.717) is 5.82 Å². The molecule has 0 radical (unpaired) electrons. The molecule has 0 saturated heterocycles. The van der Waals surface area contributed by atoms with Crippen LogP contribution < -0.4 is 4.72 Å². The van der Waals surface area contributed by atoms with Crippen molar-refractivity contribution in [1.29, 1.82) is 0 Å². The summed E-state index contributed by atoms with van der Waals surface area (Å²) in [4.78, 5) is 4.97. The van der Waals surface area contributed by atoms with Crippen LogP contribution in [0.2, 0.25) is 0 Å². The zero-order valence-corrected chi connectivity index (χ0v) is 18.9. The molecule has 0 fully saturated rings. The van der Waals surface area contributed by atoms with Crippen LogP contribution in [-0.4, -0.2) is 13.4 Å². The average Bonchev–Trinajstić information content (AvgIpc) is 2.84. The van der Waals surface area contributed by atoms with Crippen molar-refractivity contribution in [2.45, 2.75) is 11.8 Å². The summed E-state index contributed by atoms with van der Waals surface area (Å²) >= 11 is 0. The van der Waals surface area contributed by atoms with Crippen LogP contribution in [0.5, 0.6) is 0 Å². The largest absolute Gasteiger partial charge is 0.263 e. The molecular formula is C28H22N2O2S. The first kappa shape index (κ1) is 20.9. The number of fused-ring (bicyclic) bond motifs is 1. The Bertz CT molecular complexity index is 1530. The molecule has 4 aromatic carbocycles. The molecule has 0 saturated carbocycles. The van der Waals surface area contributed by atoms with Gasteiger partial charge in [0.15, 0.2) is 0 Å². The Morgan fingerprint density at radius 2 is 1.18 bits per heavy atom. The predicted octanol–water partition coefficient (Wildman–Crippen LogP) is 6.68. The van der Waals surface area contributed by atoms with Gasteiger partial charge < -0.3 is 0 Å². The molecule has 162 valence electrons. The Hall–Kier alpha value is -3.96. The molecule has 0 amide bonds. The standard InChI is InChI=1S/C28H22N2O2S/c1-20-16-18-23(19-17-20)33(31,32)30-28-27(22-12-6-3-7-13-22)26(21-10-4-2-5-11-21)24-14-8-9-15-25(24)29-28/h2-19H,1H3,(H,29,30). The van der Waals surface area contributed by atoms with Gasteiger partial charge in [0, 0.05) is 16.5 Å². The molecule has 4 nitrogen and oxygen atoms in total. The third kappa shape index (κ3) is 4.11. The summed E-state index contributed by atoms with van der Waals surface area (Å²) in [6, 6.07) is 34.4. The highest BCUT2D eigenvalue weighted by Crippen LogP contribution is 2.42. The lowest BCUT2D eigenvalue weighted by Gasteiger charge is -2.19. The van der Waals surface area contributed by atoms with Gasteiger partial charge in [0.05, 0.1) is 10.4 Å². The molecule has 0 bridgehead atoms. The SMILES string of the molecule is Cc1ccc(S(=O)(=O)Nc2nc3ccccc3c(-c3ccccc3)c2-c2ccccc2)cc1. The minimum absolute atomic E-state index is 0.198. The highest BCUT2D eigenvalue weighted by atomic mass is 32.2. The number of hydrogen-bond donors (Lipinski definition) is 1. The molecule has 0 unspecified atom stereocenters. The van der Waals surface area contributed by atoms with Gasteiger partial charge in [-0.25, -0.2) is 13.4 Å². The van der Waals surface area contributed by atoms with Crippen LogP contribution >= 0.6 is 0 Å². The number of nitrogens with one attached hydrogen (secondary N) is 1. The lowest BCUT2D eigenvalue weighted by Crippen LogP contribution is -2.15. The van der Waals surface area contributed by atoms with Crippen molar-refractivity contribution in [2.24, 2.45) is 0 Å². The minimum atomic E-state index is -3.84. The normalized spacial score (nSPS) is 11.4. The van der Waals surface area contributed by atoms with Gasteiger partial charge in [0.25, 0.3) is 10.0 Å². The van der Waals surface area contributed by atoms with Gasteiger partial charge in [-0.05, 0) is 36.2 Å². The van der Waals surface area contributed by atoms with Crippen molar-refractivity contribution in [2.75, 3.05) is 4.72 Å². The van der Waals surface area contributed by atoms with E-state index in [-0.39, 0.29) is 4.90 Å². The van der Waals surface area contributed by atoms with Gasteiger partial charge in [-0.2, -0.15) is 0 Å². The van der Waals surface area contributed by atoms with Crippen molar-refractivity contribution in [1.82, 2.24) is 4.98 Å². The number of rotatable bonds is 5. The van der Waals surface area contributed by atoms with Gasteiger partial charge in [0.1, 0.15) is 5.82 Å². The van der Waals surface area contributed by atoms with E-state index in [1.54, 1.807) is 24.3 Å². The Morgan fingerprint density at radius 3 is 1.82 bits per heavy atom. The fourth-order valence-corrected chi connectivity index (χ4v) is 4.99. The van der Waals surface area contributed by atoms with Crippen molar-refractivity contribution < 1.29 is 8.42 Å². The van der Waals surface area contributed by atoms with Crippen LogP contribution in [0.1, 0.15) is 5.56 Å². The van der Waals surface area contributed by atoms with Crippen LogP contribution in [0.25, 0.3) is 33.2 Å². The van der Waals surface area contributed by atoms with E-state index in [4.69, 9.17) is 4.98 Å². The van der Waals surface area contributed by atoms with Crippen molar-refractivity contribution in [3.05, 3.63) is 115 Å². The Morgan fingerprint density at radius 1 is 0.636 bits per heavy atom. The number of nitrogens with zero attached hydrogens (tertiary/aromatic N) is 1. The molecule has 5 heteroatoms. The molecule has 0 aliphatic carbocycles. The smallest absolute Gasteiger partial charge is 0.263 e. The lowest BCUT2D eigenvalue weighted by molar-refractivity contribution is 0.601.